The Morgan fingerprint density at radius 1 is 1.10 bits per heavy atom. The van der Waals surface area contributed by atoms with Crippen molar-refractivity contribution in [3.63, 3.8) is 0 Å². The monoisotopic (exact) mass is 434 g/mol. The van der Waals surface area contributed by atoms with Crippen molar-refractivity contribution in [2.24, 2.45) is 5.92 Å². The summed E-state index contributed by atoms with van der Waals surface area (Å²) >= 11 is 6.03. The topological polar surface area (TPSA) is 66.5 Å². The molecule has 7 heteroatoms. The van der Waals surface area contributed by atoms with Crippen LogP contribution < -0.4 is 5.32 Å². The van der Waals surface area contributed by atoms with E-state index in [2.05, 4.69) is 5.32 Å². The first-order chi connectivity index (χ1) is 13.7. The van der Waals surface area contributed by atoms with E-state index in [0.717, 1.165) is 16.7 Å². The SMILES string of the molecule is Cc1ccc(S(=O)(=O)N2CCC(C(=O)NC(C)c3cccc(Cl)c3)CC2)cc1C. The molecular weight excluding hydrogens is 408 g/mol. The predicted molar refractivity (Wildman–Crippen MR) is 115 cm³/mol. The van der Waals surface area contributed by atoms with Gasteiger partial charge >= 0.3 is 0 Å². The molecule has 156 valence electrons. The number of carbonyl (C=O) groups is 1. The lowest BCUT2D eigenvalue weighted by molar-refractivity contribution is -0.126. The number of sulfonamides is 1. The second kappa shape index (κ2) is 8.86. The van der Waals surface area contributed by atoms with E-state index in [-0.39, 0.29) is 17.9 Å². The van der Waals surface area contributed by atoms with E-state index < -0.39 is 10.0 Å². The number of aryl methyl sites for hydroxylation is 2. The van der Waals surface area contributed by atoms with Gasteiger partial charge in [0.2, 0.25) is 15.9 Å². The molecule has 0 aromatic heterocycles. The van der Waals surface area contributed by atoms with Crippen LogP contribution in [0.2, 0.25) is 5.02 Å². The van der Waals surface area contributed by atoms with Gasteiger partial charge in [-0.15, -0.1) is 0 Å². The minimum absolute atomic E-state index is 0.0410. The zero-order chi connectivity index (χ0) is 21.2. The number of rotatable bonds is 5. The molecule has 1 atom stereocenters. The zero-order valence-corrected chi connectivity index (χ0v) is 18.6. The maximum absolute atomic E-state index is 12.9. The number of amides is 1. The highest BCUT2D eigenvalue weighted by molar-refractivity contribution is 7.89. The number of nitrogens with zero attached hydrogens (tertiary/aromatic N) is 1. The largest absolute Gasteiger partial charge is 0.349 e. The molecule has 1 fully saturated rings. The van der Waals surface area contributed by atoms with Gasteiger partial charge in [-0.1, -0.05) is 29.8 Å². The van der Waals surface area contributed by atoms with E-state index >= 15 is 0 Å². The van der Waals surface area contributed by atoms with E-state index in [0.29, 0.717) is 35.8 Å². The van der Waals surface area contributed by atoms with Crippen LogP contribution in [0.4, 0.5) is 0 Å². The van der Waals surface area contributed by atoms with Crippen molar-refractivity contribution in [2.45, 2.75) is 44.6 Å². The maximum atomic E-state index is 12.9. The molecule has 1 saturated heterocycles. The van der Waals surface area contributed by atoms with Gasteiger partial charge in [-0.2, -0.15) is 4.31 Å². The van der Waals surface area contributed by atoms with Crippen molar-refractivity contribution in [3.05, 3.63) is 64.2 Å². The smallest absolute Gasteiger partial charge is 0.243 e. The standard InChI is InChI=1S/C22H27ClN2O3S/c1-15-7-8-21(13-16(15)2)29(27,28)25-11-9-18(10-12-25)22(26)24-17(3)19-5-4-6-20(23)14-19/h4-8,13-14,17-18H,9-12H2,1-3H3,(H,24,26). The van der Waals surface area contributed by atoms with Crippen molar-refractivity contribution in [1.29, 1.82) is 0 Å². The molecule has 1 amide bonds. The number of hydrogen-bond donors (Lipinski definition) is 1. The fraction of sp³-hybridized carbons (Fsp3) is 0.409. The normalized spacial score (nSPS) is 17.1. The zero-order valence-electron chi connectivity index (χ0n) is 17.0. The third-order valence-electron chi connectivity index (χ3n) is 5.65. The highest BCUT2D eigenvalue weighted by Gasteiger charge is 2.32. The summed E-state index contributed by atoms with van der Waals surface area (Å²) in [5, 5.41) is 3.66. The number of piperidine rings is 1. The molecule has 2 aromatic rings. The Hall–Kier alpha value is -1.89. The molecule has 1 aliphatic heterocycles. The second-order valence-electron chi connectivity index (χ2n) is 7.71. The van der Waals surface area contributed by atoms with Gasteiger partial charge in [-0.05, 0) is 74.6 Å². The third-order valence-corrected chi connectivity index (χ3v) is 7.78. The van der Waals surface area contributed by atoms with Gasteiger partial charge in [0.05, 0.1) is 10.9 Å². The van der Waals surface area contributed by atoms with Crippen LogP contribution in [-0.4, -0.2) is 31.7 Å². The fourth-order valence-corrected chi connectivity index (χ4v) is 5.33. The van der Waals surface area contributed by atoms with Crippen molar-refractivity contribution < 1.29 is 13.2 Å². The van der Waals surface area contributed by atoms with Crippen LogP contribution in [0, 0.1) is 19.8 Å². The van der Waals surface area contributed by atoms with Gasteiger partial charge in [0.1, 0.15) is 0 Å². The predicted octanol–water partition coefficient (Wildman–Crippen LogP) is 4.23. The van der Waals surface area contributed by atoms with E-state index in [1.165, 1.54) is 4.31 Å². The van der Waals surface area contributed by atoms with Gasteiger partial charge in [0, 0.05) is 24.0 Å². The summed E-state index contributed by atoms with van der Waals surface area (Å²) < 4.78 is 27.4. The van der Waals surface area contributed by atoms with Crippen molar-refractivity contribution in [3.8, 4) is 0 Å². The molecule has 0 aliphatic carbocycles. The minimum atomic E-state index is -3.53. The average Bonchev–Trinajstić information content (AvgIpc) is 2.70. The third kappa shape index (κ3) is 5.00. The van der Waals surface area contributed by atoms with Crippen LogP contribution in [0.25, 0.3) is 0 Å². The number of carbonyl (C=O) groups excluding carboxylic acids is 1. The van der Waals surface area contributed by atoms with Gasteiger partial charge in [-0.3, -0.25) is 4.79 Å². The summed E-state index contributed by atoms with van der Waals surface area (Å²) in [7, 11) is -3.53. The van der Waals surface area contributed by atoms with Crippen LogP contribution in [0.1, 0.15) is 42.5 Å². The molecule has 2 aromatic carbocycles. The van der Waals surface area contributed by atoms with E-state index in [4.69, 9.17) is 11.6 Å². The van der Waals surface area contributed by atoms with Crippen molar-refractivity contribution in [2.75, 3.05) is 13.1 Å². The van der Waals surface area contributed by atoms with Gasteiger partial charge in [0.25, 0.3) is 0 Å². The average molecular weight is 435 g/mol. The Bertz CT molecular complexity index is 999. The van der Waals surface area contributed by atoms with Crippen LogP contribution in [0.15, 0.2) is 47.4 Å². The number of halogens is 1. The molecule has 0 radical (unpaired) electrons. The molecule has 1 aliphatic rings. The molecule has 1 unspecified atom stereocenters. The first-order valence-electron chi connectivity index (χ1n) is 9.81. The van der Waals surface area contributed by atoms with Crippen LogP contribution in [-0.2, 0) is 14.8 Å². The van der Waals surface area contributed by atoms with E-state index in [1.54, 1.807) is 18.2 Å². The molecule has 1 N–H and O–H groups in total. The Labute approximate surface area is 178 Å². The molecule has 0 spiro atoms. The fourth-order valence-electron chi connectivity index (χ4n) is 3.57. The highest BCUT2D eigenvalue weighted by atomic mass is 35.5. The summed E-state index contributed by atoms with van der Waals surface area (Å²) in [4.78, 5) is 13.0. The first kappa shape index (κ1) is 21.8. The quantitative estimate of drug-likeness (QED) is 0.765. The Kier molecular flexibility index (Phi) is 6.66. The number of benzene rings is 2. The van der Waals surface area contributed by atoms with Crippen molar-refractivity contribution in [1.82, 2.24) is 9.62 Å². The molecule has 0 bridgehead atoms. The summed E-state index contributed by atoms with van der Waals surface area (Å²) in [5.74, 6) is -0.233. The lowest BCUT2D eigenvalue weighted by Gasteiger charge is -2.31. The Morgan fingerprint density at radius 3 is 2.41 bits per heavy atom. The molecule has 0 saturated carbocycles. The van der Waals surface area contributed by atoms with E-state index in [1.807, 2.05) is 45.0 Å². The Morgan fingerprint density at radius 2 is 1.79 bits per heavy atom. The molecule has 1 heterocycles. The maximum Gasteiger partial charge on any atom is 0.243 e. The molecule has 5 nitrogen and oxygen atoms in total. The number of nitrogens with one attached hydrogen (secondary N) is 1. The molecular formula is C22H27ClN2O3S. The summed E-state index contributed by atoms with van der Waals surface area (Å²) in [6, 6.07) is 12.5. The van der Waals surface area contributed by atoms with Crippen LogP contribution >= 0.6 is 11.6 Å². The highest BCUT2D eigenvalue weighted by Crippen LogP contribution is 2.26. The minimum Gasteiger partial charge on any atom is -0.349 e. The second-order valence-corrected chi connectivity index (χ2v) is 10.1. The lowest BCUT2D eigenvalue weighted by atomic mass is 9.96. The summed E-state index contributed by atoms with van der Waals surface area (Å²) in [6.07, 6.45) is 1.02. The first-order valence-corrected chi connectivity index (χ1v) is 11.6. The molecule has 3 rings (SSSR count). The van der Waals surface area contributed by atoms with Crippen LogP contribution in [0.5, 0.6) is 0 Å². The van der Waals surface area contributed by atoms with Gasteiger partial charge in [-0.25, -0.2) is 8.42 Å². The summed E-state index contributed by atoms with van der Waals surface area (Å²) in [5.41, 5.74) is 2.96. The number of hydrogen-bond acceptors (Lipinski definition) is 3. The Balaban J connectivity index is 1.60. The summed E-state index contributed by atoms with van der Waals surface area (Å²) in [6.45, 7) is 6.48. The van der Waals surface area contributed by atoms with Crippen LogP contribution in [0.3, 0.4) is 0 Å². The van der Waals surface area contributed by atoms with Gasteiger partial charge < -0.3 is 5.32 Å². The van der Waals surface area contributed by atoms with Crippen molar-refractivity contribution >= 4 is 27.5 Å². The molecule has 29 heavy (non-hydrogen) atoms. The lowest BCUT2D eigenvalue weighted by Crippen LogP contribution is -2.43. The van der Waals surface area contributed by atoms with E-state index in [9.17, 15) is 13.2 Å². The van der Waals surface area contributed by atoms with Gasteiger partial charge in [0.15, 0.2) is 0 Å².